The zero-order valence-corrected chi connectivity index (χ0v) is 18.9. The van der Waals surface area contributed by atoms with Crippen LogP contribution < -0.4 is 24.8 Å². The Balaban J connectivity index is 1.74. The number of carbonyl (C=O) groups excluding carboxylic acids is 2. The van der Waals surface area contributed by atoms with Crippen LogP contribution in [0.15, 0.2) is 60.7 Å². The van der Waals surface area contributed by atoms with Crippen molar-refractivity contribution in [3.63, 3.8) is 0 Å². The van der Waals surface area contributed by atoms with Crippen LogP contribution in [0.3, 0.4) is 0 Å². The van der Waals surface area contributed by atoms with Crippen molar-refractivity contribution in [2.45, 2.75) is 0 Å². The van der Waals surface area contributed by atoms with E-state index in [1.807, 2.05) is 0 Å². The van der Waals surface area contributed by atoms with Crippen molar-refractivity contribution >= 4 is 50.8 Å². The second kappa shape index (κ2) is 10.4. The Hall–Kier alpha value is -3.90. The second-order valence-corrected chi connectivity index (χ2v) is 8.52. The number of rotatable bonds is 7. The number of halogens is 3. The summed E-state index contributed by atoms with van der Waals surface area (Å²) in [6.07, 6.45) is 0. The topological polar surface area (TPSA) is 126 Å². The Morgan fingerprint density at radius 2 is 1.65 bits per heavy atom. The molecule has 3 rings (SSSR count). The average molecular weight is 511 g/mol. The summed E-state index contributed by atoms with van der Waals surface area (Å²) in [5, 5.41) is 5.01. The highest BCUT2D eigenvalue weighted by molar-refractivity contribution is 7.91. The molecule has 0 radical (unpaired) electrons. The maximum Gasteiger partial charge on any atom is 0.334 e. The van der Waals surface area contributed by atoms with Crippen molar-refractivity contribution in [3.05, 3.63) is 82.9 Å². The van der Waals surface area contributed by atoms with Crippen LogP contribution in [0.2, 0.25) is 5.02 Å². The van der Waals surface area contributed by atoms with Gasteiger partial charge >= 0.3 is 16.2 Å². The van der Waals surface area contributed by atoms with E-state index in [1.165, 1.54) is 31.4 Å². The van der Waals surface area contributed by atoms with Gasteiger partial charge in [-0.1, -0.05) is 17.7 Å². The van der Waals surface area contributed by atoms with E-state index in [-0.39, 0.29) is 28.4 Å². The number of hydrogen-bond donors (Lipinski definition) is 4. The van der Waals surface area contributed by atoms with E-state index in [9.17, 15) is 26.8 Å². The molecule has 0 saturated carbocycles. The smallest absolute Gasteiger partial charge is 0.334 e. The molecule has 0 aliphatic carbocycles. The average Bonchev–Trinajstić information content (AvgIpc) is 2.75. The number of methoxy groups -OCH3 is 1. The van der Waals surface area contributed by atoms with Gasteiger partial charge in [-0.3, -0.25) is 9.52 Å². The summed E-state index contributed by atoms with van der Waals surface area (Å²) >= 11 is 5.82. The molecule has 0 fully saturated rings. The van der Waals surface area contributed by atoms with E-state index in [4.69, 9.17) is 16.3 Å². The Labute approximate surface area is 198 Å². The molecule has 3 amide bonds. The molecule has 0 aliphatic rings. The van der Waals surface area contributed by atoms with Crippen LogP contribution in [0.4, 0.5) is 30.6 Å². The zero-order valence-electron chi connectivity index (χ0n) is 17.4. The van der Waals surface area contributed by atoms with Crippen molar-refractivity contribution < 1.29 is 31.5 Å². The largest absolute Gasteiger partial charge is 0.495 e. The van der Waals surface area contributed by atoms with Crippen LogP contribution >= 0.6 is 11.6 Å². The van der Waals surface area contributed by atoms with Crippen molar-refractivity contribution in [3.8, 4) is 5.75 Å². The molecule has 34 heavy (non-hydrogen) atoms. The van der Waals surface area contributed by atoms with E-state index in [0.717, 1.165) is 24.3 Å². The summed E-state index contributed by atoms with van der Waals surface area (Å²) in [7, 11) is -3.19. The SMILES string of the molecule is COc1ccc(C(=O)Nc2ccc(F)c(F)c2)cc1NS(=O)(=O)NC(=O)Nc1cccc(Cl)c1. The number of hydrogen-bond acceptors (Lipinski definition) is 5. The highest BCUT2D eigenvalue weighted by atomic mass is 35.5. The molecule has 13 heteroatoms. The Kier molecular flexibility index (Phi) is 7.54. The minimum absolute atomic E-state index is 0.0128. The second-order valence-electron chi connectivity index (χ2n) is 6.67. The molecule has 0 heterocycles. The predicted octanol–water partition coefficient (Wildman–Crippen LogP) is 4.36. The van der Waals surface area contributed by atoms with Gasteiger partial charge in [0.25, 0.3) is 5.91 Å². The summed E-state index contributed by atoms with van der Waals surface area (Å²) in [6.45, 7) is 0. The Bertz CT molecular complexity index is 1350. The van der Waals surface area contributed by atoms with Gasteiger partial charge in [0.2, 0.25) is 0 Å². The number of amides is 3. The Morgan fingerprint density at radius 3 is 2.32 bits per heavy atom. The van der Waals surface area contributed by atoms with Crippen LogP contribution in [-0.2, 0) is 10.2 Å². The number of anilines is 3. The molecule has 0 aromatic heterocycles. The number of ether oxygens (including phenoxy) is 1. The maximum atomic E-state index is 13.4. The summed E-state index contributed by atoms with van der Waals surface area (Å²) in [5.41, 5.74) is 0.0463. The molecule has 178 valence electrons. The van der Waals surface area contributed by atoms with Gasteiger partial charge in [0.15, 0.2) is 11.6 Å². The molecule has 4 N–H and O–H groups in total. The van der Waals surface area contributed by atoms with Crippen LogP contribution in [0.5, 0.6) is 5.75 Å². The highest BCUT2D eigenvalue weighted by Crippen LogP contribution is 2.27. The first-order valence-corrected chi connectivity index (χ1v) is 11.2. The minimum atomic E-state index is -4.46. The van der Waals surface area contributed by atoms with Crippen LogP contribution in [0.25, 0.3) is 0 Å². The first-order valence-electron chi connectivity index (χ1n) is 9.38. The number of benzene rings is 3. The zero-order chi connectivity index (χ0) is 24.9. The minimum Gasteiger partial charge on any atom is -0.495 e. The van der Waals surface area contributed by atoms with Gasteiger partial charge in [-0.2, -0.15) is 8.42 Å². The standard InChI is InChI=1S/C21H17ClF2N4O5S/c1-33-19-8-5-12(20(29)25-15-6-7-16(23)17(24)11-15)9-18(19)27-34(31,32)28-21(30)26-14-4-2-3-13(22)10-14/h2-11,27H,1H3,(H,25,29)(H2,26,28,30). The van der Waals surface area contributed by atoms with Gasteiger partial charge < -0.3 is 15.4 Å². The predicted molar refractivity (Wildman–Crippen MR) is 123 cm³/mol. The highest BCUT2D eigenvalue weighted by Gasteiger charge is 2.19. The van der Waals surface area contributed by atoms with Crippen molar-refractivity contribution in [1.82, 2.24) is 4.72 Å². The van der Waals surface area contributed by atoms with Gasteiger partial charge in [-0.25, -0.2) is 18.3 Å². The first-order chi connectivity index (χ1) is 16.1. The number of nitrogens with one attached hydrogen (secondary N) is 4. The van der Waals surface area contributed by atoms with Crippen LogP contribution in [0.1, 0.15) is 10.4 Å². The lowest BCUT2D eigenvalue weighted by Crippen LogP contribution is -2.38. The summed E-state index contributed by atoms with van der Waals surface area (Å²) < 4.78 is 60.3. The third kappa shape index (κ3) is 6.56. The van der Waals surface area contributed by atoms with E-state index < -0.39 is 33.8 Å². The summed E-state index contributed by atoms with van der Waals surface area (Å²) in [6, 6.07) is 11.6. The molecule has 0 atom stereocenters. The monoisotopic (exact) mass is 510 g/mol. The van der Waals surface area contributed by atoms with Gasteiger partial charge in [0.1, 0.15) is 5.75 Å². The lowest BCUT2D eigenvalue weighted by atomic mass is 10.1. The summed E-state index contributed by atoms with van der Waals surface area (Å²) in [4.78, 5) is 24.6. The van der Waals surface area contributed by atoms with E-state index in [2.05, 4.69) is 15.4 Å². The third-order valence-electron chi connectivity index (χ3n) is 4.19. The van der Waals surface area contributed by atoms with Gasteiger partial charge in [-0.05, 0) is 48.5 Å². The molecule has 3 aromatic rings. The molecule has 0 unspecified atom stereocenters. The molecule has 0 saturated heterocycles. The molecule has 0 spiro atoms. The fraction of sp³-hybridized carbons (Fsp3) is 0.0476. The van der Waals surface area contributed by atoms with Gasteiger partial charge in [0, 0.05) is 28.0 Å². The van der Waals surface area contributed by atoms with Gasteiger partial charge in [0.05, 0.1) is 12.8 Å². The number of urea groups is 1. The lowest BCUT2D eigenvalue weighted by molar-refractivity contribution is 0.102. The maximum absolute atomic E-state index is 13.4. The molecule has 0 bridgehead atoms. The summed E-state index contributed by atoms with van der Waals surface area (Å²) in [5.74, 6) is -2.92. The van der Waals surface area contributed by atoms with Crippen molar-refractivity contribution in [2.75, 3.05) is 22.5 Å². The molecular weight excluding hydrogens is 494 g/mol. The van der Waals surface area contributed by atoms with E-state index in [1.54, 1.807) is 16.9 Å². The van der Waals surface area contributed by atoms with Gasteiger partial charge in [-0.15, -0.1) is 0 Å². The normalized spacial score (nSPS) is 10.8. The molecule has 3 aromatic carbocycles. The molecule has 9 nitrogen and oxygen atoms in total. The fourth-order valence-corrected chi connectivity index (χ4v) is 3.71. The number of carbonyl (C=O) groups is 2. The van der Waals surface area contributed by atoms with Crippen molar-refractivity contribution in [2.24, 2.45) is 0 Å². The van der Waals surface area contributed by atoms with Crippen molar-refractivity contribution in [1.29, 1.82) is 0 Å². The lowest BCUT2D eigenvalue weighted by Gasteiger charge is -2.14. The third-order valence-corrected chi connectivity index (χ3v) is 5.37. The first kappa shape index (κ1) is 24.7. The fourth-order valence-electron chi connectivity index (χ4n) is 2.72. The van der Waals surface area contributed by atoms with E-state index >= 15 is 0 Å². The quantitative estimate of drug-likeness (QED) is 0.376. The van der Waals surface area contributed by atoms with Crippen LogP contribution in [-0.4, -0.2) is 27.5 Å². The molecule has 0 aliphatic heterocycles. The van der Waals surface area contributed by atoms with E-state index in [0.29, 0.717) is 5.02 Å². The van der Waals surface area contributed by atoms with Crippen LogP contribution in [0, 0.1) is 11.6 Å². The molecular formula is C21H17ClF2N4O5S. The Morgan fingerprint density at radius 1 is 0.912 bits per heavy atom.